The molecule has 1 rings (SSSR count). The Balaban J connectivity index is 2.57. The highest BCUT2D eigenvalue weighted by molar-refractivity contribution is 5.29. The predicted octanol–water partition coefficient (Wildman–Crippen LogP) is 0.544. The minimum atomic E-state index is 0.392. The van der Waals surface area contributed by atoms with Gasteiger partial charge in [-0.15, -0.1) is 0 Å². The second-order valence-corrected chi connectivity index (χ2v) is 3.15. The van der Waals surface area contributed by atoms with Crippen LogP contribution in [0.15, 0.2) is 36.2 Å². The highest BCUT2D eigenvalue weighted by Crippen LogP contribution is 2.12. The van der Waals surface area contributed by atoms with Crippen LogP contribution in [0.3, 0.4) is 0 Å². The molecule has 0 unspecified atom stereocenters. The second kappa shape index (κ2) is 5.93. The summed E-state index contributed by atoms with van der Waals surface area (Å²) in [6.45, 7) is 0.392. The van der Waals surface area contributed by atoms with Crippen molar-refractivity contribution >= 4 is 0 Å². The normalized spacial score (nSPS) is 11.2. The number of nitrogens with one attached hydrogen (secondary N) is 1. The molecule has 82 valence electrons. The van der Waals surface area contributed by atoms with Crippen LogP contribution in [-0.4, -0.2) is 13.8 Å². The number of rotatable bonds is 5. The Hall–Kier alpha value is -1.68. The van der Waals surface area contributed by atoms with E-state index in [1.54, 1.807) is 13.3 Å². The SMILES string of the molecule is COc1ccc(C/C(N)=C/NCN)cc1. The molecule has 0 amide bonds. The monoisotopic (exact) mass is 207 g/mol. The van der Waals surface area contributed by atoms with Gasteiger partial charge in [0.1, 0.15) is 5.75 Å². The van der Waals surface area contributed by atoms with Gasteiger partial charge >= 0.3 is 0 Å². The molecule has 1 aromatic carbocycles. The first-order valence-corrected chi connectivity index (χ1v) is 4.77. The molecule has 0 radical (unpaired) electrons. The number of methoxy groups -OCH3 is 1. The van der Waals surface area contributed by atoms with Gasteiger partial charge in [-0.1, -0.05) is 12.1 Å². The van der Waals surface area contributed by atoms with Crippen LogP contribution >= 0.6 is 0 Å². The standard InChI is InChI=1S/C11H17N3O/c1-15-11-4-2-9(3-5-11)6-10(13)7-14-8-12/h2-5,7,14H,6,8,12-13H2,1H3/b10-7-. The third-order valence-electron chi connectivity index (χ3n) is 1.97. The molecule has 0 aliphatic rings. The van der Waals surface area contributed by atoms with Crippen LogP contribution in [0.1, 0.15) is 5.56 Å². The Morgan fingerprint density at radius 1 is 1.40 bits per heavy atom. The van der Waals surface area contributed by atoms with Gasteiger partial charge in [0.25, 0.3) is 0 Å². The lowest BCUT2D eigenvalue weighted by Crippen LogP contribution is -2.18. The Bertz CT molecular complexity index is 319. The zero-order chi connectivity index (χ0) is 11.1. The second-order valence-electron chi connectivity index (χ2n) is 3.15. The molecule has 0 fully saturated rings. The fourth-order valence-corrected chi connectivity index (χ4v) is 1.22. The topological polar surface area (TPSA) is 73.3 Å². The number of allylic oxidation sites excluding steroid dienone is 1. The predicted molar refractivity (Wildman–Crippen MR) is 61.2 cm³/mol. The molecule has 0 heterocycles. The average molecular weight is 207 g/mol. The van der Waals surface area contributed by atoms with E-state index in [0.29, 0.717) is 13.1 Å². The van der Waals surface area contributed by atoms with Gasteiger partial charge in [-0.25, -0.2) is 0 Å². The van der Waals surface area contributed by atoms with Crippen molar-refractivity contribution < 1.29 is 4.74 Å². The van der Waals surface area contributed by atoms with Crippen LogP contribution in [0.5, 0.6) is 5.75 Å². The van der Waals surface area contributed by atoms with E-state index in [1.807, 2.05) is 24.3 Å². The van der Waals surface area contributed by atoms with Gasteiger partial charge in [-0.3, -0.25) is 0 Å². The molecule has 4 nitrogen and oxygen atoms in total. The zero-order valence-corrected chi connectivity index (χ0v) is 8.86. The van der Waals surface area contributed by atoms with Crippen molar-refractivity contribution in [3.63, 3.8) is 0 Å². The third kappa shape index (κ3) is 3.91. The number of hydrogen-bond acceptors (Lipinski definition) is 4. The molecule has 0 aliphatic heterocycles. The van der Waals surface area contributed by atoms with E-state index >= 15 is 0 Å². The summed E-state index contributed by atoms with van der Waals surface area (Å²) in [4.78, 5) is 0. The van der Waals surface area contributed by atoms with Gasteiger partial charge in [0.2, 0.25) is 0 Å². The van der Waals surface area contributed by atoms with Gasteiger partial charge in [0.15, 0.2) is 0 Å². The first-order chi connectivity index (χ1) is 7.26. The maximum absolute atomic E-state index is 5.77. The van der Waals surface area contributed by atoms with Crippen LogP contribution in [0.2, 0.25) is 0 Å². The average Bonchev–Trinajstić information content (AvgIpc) is 2.27. The smallest absolute Gasteiger partial charge is 0.118 e. The van der Waals surface area contributed by atoms with Crippen molar-refractivity contribution in [3.05, 3.63) is 41.7 Å². The number of nitrogens with two attached hydrogens (primary N) is 2. The Kier molecular flexibility index (Phi) is 4.50. The van der Waals surface area contributed by atoms with Crippen LogP contribution in [0, 0.1) is 0 Å². The van der Waals surface area contributed by atoms with Gasteiger partial charge in [0.05, 0.1) is 13.8 Å². The van der Waals surface area contributed by atoms with E-state index in [1.165, 1.54) is 0 Å². The first-order valence-electron chi connectivity index (χ1n) is 4.77. The lowest BCUT2D eigenvalue weighted by Gasteiger charge is -2.04. The van der Waals surface area contributed by atoms with E-state index in [9.17, 15) is 0 Å². The van der Waals surface area contributed by atoms with Gasteiger partial charge in [-0.05, 0) is 17.7 Å². The number of benzene rings is 1. The lowest BCUT2D eigenvalue weighted by molar-refractivity contribution is 0.414. The molecule has 0 aromatic heterocycles. The lowest BCUT2D eigenvalue weighted by atomic mass is 10.1. The summed E-state index contributed by atoms with van der Waals surface area (Å²) in [7, 11) is 1.65. The van der Waals surface area contributed by atoms with Gasteiger partial charge < -0.3 is 21.5 Å². The molecule has 0 spiro atoms. The largest absolute Gasteiger partial charge is 0.497 e. The van der Waals surface area contributed by atoms with Crippen molar-refractivity contribution in [2.75, 3.05) is 13.8 Å². The van der Waals surface area contributed by atoms with Crippen molar-refractivity contribution in [1.29, 1.82) is 0 Å². The Morgan fingerprint density at radius 3 is 2.60 bits per heavy atom. The molecule has 0 saturated heterocycles. The zero-order valence-electron chi connectivity index (χ0n) is 8.86. The first kappa shape index (κ1) is 11.4. The maximum atomic E-state index is 5.77. The van der Waals surface area contributed by atoms with Crippen molar-refractivity contribution in [3.8, 4) is 5.75 Å². The molecule has 0 bridgehead atoms. The molecule has 5 N–H and O–H groups in total. The van der Waals surface area contributed by atoms with Crippen LogP contribution in [0.4, 0.5) is 0 Å². The molecule has 4 heteroatoms. The molecular formula is C11H17N3O. The summed E-state index contributed by atoms with van der Waals surface area (Å²) >= 11 is 0. The highest BCUT2D eigenvalue weighted by Gasteiger charge is 1.96. The van der Waals surface area contributed by atoms with E-state index < -0.39 is 0 Å². The summed E-state index contributed by atoms with van der Waals surface area (Å²) in [6, 6.07) is 7.81. The van der Waals surface area contributed by atoms with E-state index in [4.69, 9.17) is 16.2 Å². The fourth-order valence-electron chi connectivity index (χ4n) is 1.22. The van der Waals surface area contributed by atoms with Crippen molar-refractivity contribution in [2.45, 2.75) is 6.42 Å². The summed E-state index contributed by atoms with van der Waals surface area (Å²) in [6.07, 6.45) is 2.43. The molecule has 15 heavy (non-hydrogen) atoms. The molecule has 0 aliphatic carbocycles. The Labute approximate surface area is 89.9 Å². The highest BCUT2D eigenvalue weighted by atomic mass is 16.5. The summed E-state index contributed by atoms with van der Waals surface area (Å²) in [5.41, 5.74) is 13.0. The summed E-state index contributed by atoms with van der Waals surface area (Å²) in [5.74, 6) is 0.849. The van der Waals surface area contributed by atoms with Gasteiger partial charge in [-0.2, -0.15) is 0 Å². The van der Waals surface area contributed by atoms with Gasteiger partial charge in [0, 0.05) is 18.3 Å². The fraction of sp³-hybridized carbons (Fsp3) is 0.273. The summed E-state index contributed by atoms with van der Waals surface area (Å²) in [5, 5.41) is 2.86. The van der Waals surface area contributed by atoms with Crippen LogP contribution < -0.4 is 21.5 Å². The van der Waals surface area contributed by atoms with Crippen LogP contribution in [-0.2, 0) is 6.42 Å². The molecule has 1 aromatic rings. The Morgan fingerprint density at radius 2 is 2.07 bits per heavy atom. The quantitative estimate of drug-likeness (QED) is 0.616. The molecule has 0 saturated carbocycles. The number of hydrogen-bond donors (Lipinski definition) is 3. The number of ether oxygens (including phenoxy) is 1. The summed E-state index contributed by atoms with van der Waals surface area (Å²) < 4.78 is 5.06. The van der Waals surface area contributed by atoms with Crippen LogP contribution in [0.25, 0.3) is 0 Å². The molecule has 0 atom stereocenters. The van der Waals surface area contributed by atoms with E-state index in [0.717, 1.165) is 17.0 Å². The van der Waals surface area contributed by atoms with Crippen molar-refractivity contribution in [1.82, 2.24) is 5.32 Å². The van der Waals surface area contributed by atoms with E-state index in [2.05, 4.69) is 5.32 Å². The maximum Gasteiger partial charge on any atom is 0.118 e. The minimum absolute atomic E-state index is 0.392. The third-order valence-corrected chi connectivity index (χ3v) is 1.97. The van der Waals surface area contributed by atoms with Crippen molar-refractivity contribution in [2.24, 2.45) is 11.5 Å². The minimum Gasteiger partial charge on any atom is -0.497 e. The molecular weight excluding hydrogens is 190 g/mol. The van der Waals surface area contributed by atoms with E-state index in [-0.39, 0.29) is 0 Å².